The summed E-state index contributed by atoms with van der Waals surface area (Å²) in [7, 11) is 1.51. The molecule has 7 nitrogen and oxygen atoms in total. The van der Waals surface area contributed by atoms with Crippen molar-refractivity contribution in [1.82, 2.24) is 4.90 Å². The predicted octanol–water partition coefficient (Wildman–Crippen LogP) is 1.80. The van der Waals surface area contributed by atoms with Gasteiger partial charge in [-0.3, -0.25) is 4.79 Å². The molecule has 1 aliphatic rings. The molecule has 0 saturated carbocycles. The van der Waals surface area contributed by atoms with Crippen molar-refractivity contribution in [2.75, 3.05) is 33.5 Å². The molecule has 24 heavy (non-hydrogen) atoms. The molecule has 1 aromatic carbocycles. The van der Waals surface area contributed by atoms with Crippen molar-refractivity contribution in [2.45, 2.75) is 25.8 Å². The van der Waals surface area contributed by atoms with Gasteiger partial charge in [0.1, 0.15) is 0 Å². The van der Waals surface area contributed by atoms with E-state index >= 15 is 0 Å². The number of carboxylic acid groups (broad SMARTS) is 1. The number of hydrogen-bond acceptors (Lipinski definition) is 5. The molecule has 1 aliphatic heterocycles. The average Bonchev–Trinajstić information content (AvgIpc) is 2.61. The van der Waals surface area contributed by atoms with Gasteiger partial charge in [-0.25, -0.2) is 4.79 Å². The summed E-state index contributed by atoms with van der Waals surface area (Å²) in [5, 5.41) is 9.25. The van der Waals surface area contributed by atoms with E-state index in [1.807, 2.05) is 0 Å². The number of benzene rings is 1. The van der Waals surface area contributed by atoms with Crippen LogP contribution in [0.1, 0.15) is 30.1 Å². The zero-order chi connectivity index (χ0) is 17.5. The number of hydrogen-bond donors (Lipinski definition) is 1. The Morgan fingerprint density at radius 1 is 1.38 bits per heavy atom. The second-order valence-corrected chi connectivity index (χ2v) is 5.50. The first-order valence-corrected chi connectivity index (χ1v) is 8.00. The van der Waals surface area contributed by atoms with E-state index in [-0.39, 0.29) is 19.1 Å². The highest BCUT2D eigenvalue weighted by Crippen LogP contribution is 2.29. The van der Waals surface area contributed by atoms with Crippen LogP contribution in [0.4, 0.5) is 0 Å². The molecular formula is C17H23NO6. The van der Waals surface area contributed by atoms with E-state index in [1.54, 1.807) is 18.2 Å². The normalized spacial score (nSPS) is 17.4. The lowest BCUT2D eigenvalue weighted by atomic mass is 10.1. The predicted molar refractivity (Wildman–Crippen MR) is 86.7 cm³/mol. The van der Waals surface area contributed by atoms with E-state index in [4.69, 9.17) is 14.2 Å². The number of carboxylic acids is 1. The second-order valence-electron chi connectivity index (χ2n) is 5.50. The number of aliphatic carboxylic acids is 1. The number of amides is 1. The fourth-order valence-corrected chi connectivity index (χ4v) is 2.46. The molecule has 132 valence electrons. The van der Waals surface area contributed by atoms with E-state index in [1.165, 1.54) is 12.0 Å². The van der Waals surface area contributed by atoms with Crippen molar-refractivity contribution in [3.63, 3.8) is 0 Å². The molecule has 0 radical (unpaired) electrons. The van der Waals surface area contributed by atoms with Gasteiger partial charge in [-0.15, -0.1) is 0 Å². The van der Waals surface area contributed by atoms with Crippen molar-refractivity contribution in [3.8, 4) is 11.5 Å². The van der Waals surface area contributed by atoms with Crippen LogP contribution in [0.25, 0.3) is 0 Å². The maximum Gasteiger partial charge on any atom is 0.328 e. The van der Waals surface area contributed by atoms with Gasteiger partial charge in [0, 0.05) is 12.1 Å². The fourth-order valence-electron chi connectivity index (χ4n) is 2.46. The molecule has 1 saturated heterocycles. The summed E-state index contributed by atoms with van der Waals surface area (Å²) in [5.41, 5.74) is 0.364. The maximum absolute atomic E-state index is 12.7. The number of rotatable bonds is 7. The SMILES string of the molecule is CCCCOc1ccc(C(=O)N2CCOCC2C(=O)O)cc1OC. The molecule has 1 atom stereocenters. The third kappa shape index (κ3) is 4.17. The molecule has 7 heteroatoms. The van der Waals surface area contributed by atoms with Crippen molar-refractivity contribution in [1.29, 1.82) is 0 Å². The van der Waals surface area contributed by atoms with Crippen LogP contribution < -0.4 is 9.47 Å². The van der Waals surface area contributed by atoms with Crippen LogP contribution in [0, 0.1) is 0 Å². The zero-order valence-corrected chi connectivity index (χ0v) is 14.0. The lowest BCUT2D eigenvalue weighted by Gasteiger charge is -2.33. The van der Waals surface area contributed by atoms with E-state index in [2.05, 4.69) is 6.92 Å². The topological polar surface area (TPSA) is 85.3 Å². The number of ether oxygens (including phenoxy) is 3. The summed E-state index contributed by atoms with van der Waals surface area (Å²) in [6, 6.07) is 3.91. The summed E-state index contributed by atoms with van der Waals surface area (Å²) in [6.07, 6.45) is 1.95. The van der Waals surface area contributed by atoms with Gasteiger partial charge in [0.2, 0.25) is 0 Å². The van der Waals surface area contributed by atoms with Gasteiger partial charge in [-0.2, -0.15) is 0 Å². The van der Waals surface area contributed by atoms with Crippen LogP contribution in [-0.4, -0.2) is 61.4 Å². The van der Waals surface area contributed by atoms with Gasteiger partial charge in [-0.05, 0) is 24.6 Å². The number of morpholine rings is 1. The molecule has 1 unspecified atom stereocenters. The van der Waals surface area contributed by atoms with E-state index in [0.29, 0.717) is 30.3 Å². The molecular weight excluding hydrogens is 314 g/mol. The highest BCUT2D eigenvalue weighted by molar-refractivity contribution is 5.97. The Balaban J connectivity index is 2.18. The van der Waals surface area contributed by atoms with Crippen molar-refractivity contribution in [3.05, 3.63) is 23.8 Å². The molecule has 0 bridgehead atoms. The average molecular weight is 337 g/mol. The van der Waals surface area contributed by atoms with Crippen LogP contribution >= 0.6 is 0 Å². The van der Waals surface area contributed by atoms with Gasteiger partial charge in [0.15, 0.2) is 17.5 Å². The zero-order valence-electron chi connectivity index (χ0n) is 14.0. The van der Waals surface area contributed by atoms with Gasteiger partial charge < -0.3 is 24.2 Å². The van der Waals surface area contributed by atoms with Crippen molar-refractivity contribution < 1.29 is 28.9 Å². The van der Waals surface area contributed by atoms with Gasteiger partial charge in [0.05, 0.1) is 26.9 Å². The Labute approximate surface area is 141 Å². The molecule has 0 aromatic heterocycles. The van der Waals surface area contributed by atoms with E-state index in [0.717, 1.165) is 12.8 Å². The number of carbonyl (C=O) groups is 2. The van der Waals surface area contributed by atoms with Crippen LogP contribution in [-0.2, 0) is 9.53 Å². The number of carbonyl (C=O) groups excluding carboxylic acids is 1. The smallest absolute Gasteiger partial charge is 0.328 e. The Hall–Kier alpha value is -2.28. The number of nitrogens with zero attached hydrogens (tertiary/aromatic N) is 1. The summed E-state index contributed by atoms with van der Waals surface area (Å²) in [6.45, 7) is 3.21. The molecule has 1 fully saturated rings. The first-order chi connectivity index (χ1) is 11.6. The van der Waals surface area contributed by atoms with E-state index in [9.17, 15) is 14.7 Å². The highest BCUT2D eigenvalue weighted by Gasteiger charge is 2.33. The molecule has 1 amide bonds. The first kappa shape index (κ1) is 18.1. The van der Waals surface area contributed by atoms with Gasteiger partial charge in [0.25, 0.3) is 5.91 Å². The number of unbranched alkanes of at least 4 members (excludes halogenated alkanes) is 1. The Morgan fingerprint density at radius 2 is 2.17 bits per heavy atom. The largest absolute Gasteiger partial charge is 0.493 e. The minimum atomic E-state index is -1.07. The van der Waals surface area contributed by atoms with E-state index < -0.39 is 12.0 Å². The van der Waals surface area contributed by atoms with Crippen LogP contribution in [0.15, 0.2) is 18.2 Å². The van der Waals surface area contributed by atoms with Crippen molar-refractivity contribution in [2.24, 2.45) is 0 Å². The minimum Gasteiger partial charge on any atom is -0.493 e. The molecule has 0 spiro atoms. The maximum atomic E-state index is 12.7. The lowest BCUT2D eigenvalue weighted by molar-refractivity contribution is -0.147. The Bertz CT molecular complexity index is 588. The van der Waals surface area contributed by atoms with Crippen LogP contribution in [0.5, 0.6) is 11.5 Å². The monoisotopic (exact) mass is 337 g/mol. The molecule has 1 heterocycles. The van der Waals surface area contributed by atoms with Crippen LogP contribution in [0.3, 0.4) is 0 Å². The first-order valence-electron chi connectivity index (χ1n) is 8.00. The third-order valence-electron chi connectivity index (χ3n) is 3.84. The quantitative estimate of drug-likeness (QED) is 0.764. The Morgan fingerprint density at radius 3 is 2.83 bits per heavy atom. The Kier molecular flexibility index (Phi) is 6.43. The standard InChI is InChI=1S/C17H23NO6/c1-3-4-8-24-14-6-5-12(10-15(14)22-2)16(19)18-7-9-23-11-13(18)17(20)21/h5-6,10,13H,3-4,7-9,11H2,1-2H3,(H,20,21). The summed E-state index contributed by atoms with van der Waals surface area (Å²) in [4.78, 5) is 25.3. The van der Waals surface area contributed by atoms with Gasteiger partial charge >= 0.3 is 5.97 Å². The molecule has 2 rings (SSSR count). The third-order valence-corrected chi connectivity index (χ3v) is 3.84. The minimum absolute atomic E-state index is 0.00355. The molecule has 1 aromatic rings. The summed E-state index contributed by atoms with van der Waals surface area (Å²) < 4.78 is 16.1. The van der Waals surface area contributed by atoms with Crippen molar-refractivity contribution >= 4 is 11.9 Å². The van der Waals surface area contributed by atoms with Crippen LogP contribution in [0.2, 0.25) is 0 Å². The van der Waals surface area contributed by atoms with Gasteiger partial charge in [-0.1, -0.05) is 13.3 Å². The molecule has 0 aliphatic carbocycles. The second kappa shape index (κ2) is 8.54. The molecule has 1 N–H and O–H groups in total. The summed E-state index contributed by atoms with van der Waals surface area (Å²) in [5.74, 6) is -0.407. The summed E-state index contributed by atoms with van der Waals surface area (Å²) >= 11 is 0. The number of methoxy groups -OCH3 is 1. The fraction of sp³-hybridized carbons (Fsp3) is 0.529. The highest BCUT2D eigenvalue weighted by atomic mass is 16.5. The lowest BCUT2D eigenvalue weighted by Crippen LogP contribution is -2.52.